The second kappa shape index (κ2) is 8.89. The number of ether oxygens (including phenoxy) is 2. The molecule has 0 aliphatic carbocycles. The van der Waals surface area contributed by atoms with Crippen molar-refractivity contribution in [1.82, 2.24) is 14.9 Å². The molecule has 3 rings (SSSR count). The first-order chi connectivity index (χ1) is 12.2. The highest BCUT2D eigenvalue weighted by molar-refractivity contribution is 7.07. The van der Waals surface area contributed by atoms with E-state index in [1.165, 1.54) is 22.0 Å². The fraction of sp³-hybridized carbons (Fsp3) is 0.471. The average molecular weight is 363 g/mol. The Labute approximate surface area is 149 Å². The third-order valence-corrected chi connectivity index (χ3v) is 4.68. The van der Waals surface area contributed by atoms with Crippen molar-refractivity contribution < 1.29 is 14.3 Å². The molecule has 2 atom stereocenters. The number of nitrogens with one attached hydrogen (secondary N) is 1. The van der Waals surface area contributed by atoms with Crippen LogP contribution in [-0.2, 0) is 27.4 Å². The molecule has 0 bridgehead atoms. The molecule has 25 heavy (non-hydrogen) atoms. The van der Waals surface area contributed by atoms with Crippen LogP contribution in [0.3, 0.4) is 0 Å². The number of nitrogens with zero attached hydrogens (tertiary/aromatic N) is 2. The molecule has 3 heterocycles. The Bertz CT molecular complexity index is 731. The zero-order valence-electron chi connectivity index (χ0n) is 13.8. The van der Waals surface area contributed by atoms with Crippen LogP contribution < -0.4 is 10.9 Å². The first-order valence-electron chi connectivity index (χ1n) is 8.23. The van der Waals surface area contributed by atoms with E-state index in [0.717, 1.165) is 12.1 Å². The normalized spacial score (nSPS) is 20.3. The summed E-state index contributed by atoms with van der Waals surface area (Å²) in [5, 5.41) is 4.92. The maximum Gasteiger partial charge on any atom is 0.250 e. The summed E-state index contributed by atoms with van der Waals surface area (Å²) in [6, 6.07) is 4.75. The van der Waals surface area contributed by atoms with Crippen molar-refractivity contribution in [2.45, 2.75) is 38.1 Å². The van der Waals surface area contributed by atoms with Gasteiger partial charge in [0.2, 0.25) is 5.91 Å². The maximum absolute atomic E-state index is 12.2. The van der Waals surface area contributed by atoms with Gasteiger partial charge in [-0.05, 0) is 12.5 Å². The molecule has 1 aliphatic heterocycles. The van der Waals surface area contributed by atoms with E-state index in [0.29, 0.717) is 26.4 Å². The SMILES string of the molecule is O=C(CCn1ccccc1=O)N[C@@H]1COCC[C@@H]1OCc1cscn1. The minimum Gasteiger partial charge on any atom is -0.379 e. The Hall–Kier alpha value is -2.03. The lowest BCUT2D eigenvalue weighted by molar-refractivity contribution is -0.126. The summed E-state index contributed by atoms with van der Waals surface area (Å²) in [5.74, 6) is -0.117. The summed E-state index contributed by atoms with van der Waals surface area (Å²) in [5.41, 5.74) is 2.55. The molecule has 0 radical (unpaired) electrons. The third kappa shape index (κ3) is 5.22. The van der Waals surface area contributed by atoms with E-state index in [1.54, 1.807) is 23.8 Å². The molecule has 1 amide bonds. The molecule has 0 saturated carbocycles. The predicted molar refractivity (Wildman–Crippen MR) is 93.4 cm³/mol. The Kier molecular flexibility index (Phi) is 6.32. The monoisotopic (exact) mass is 363 g/mol. The maximum atomic E-state index is 12.2. The Morgan fingerprint density at radius 2 is 2.40 bits per heavy atom. The van der Waals surface area contributed by atoms with Crippen molar-refractivity contribution >= 4 is 17.2 Å². The van der Waals surface area contributed by atoms with Crippen molar-refractivity contribution in [3.63, 3.8) is 0 Å². The second-order valence-corrected chi connectivity index (χ2v) is 6.57. The summed E-state index contributed by atoms with van der Waals surface area (Å²) >= 11 is 1.53. The minimum absolute atomic E-state index is 0.0983. The number of thiazole rings is 1. The van der Waals surface area contributed by atoms with E-state index < -0.39 is 0 Å². The van der Waals surface area contributed by atoms with E-state index >= 15 is 0 Å². The predicted octanol–water partition coefficient (Wildman–Crippen LogP) is 1.19. The third-order valence-electron chi connectivity index (χ3n) is 4.05. The lowest BCUT2D eigenvalue weighted by Gasteiger charge is -2.32. The van der Waals surface area contributed by atoms with Crippen molar-refractivity contribution in [3.05, 3.63) is 51.3 Å². The Balaban J connectivity index is 1.49. The van der Waals surface area contributed by atoms with Crippen LogP contribution in [0.2, 0.25) is 0 Å². The molecule has 0 spiro atoms. The number of carbonyl (C=O) groups is 1. The molecule has 0 aromatic carbocycles. The zero-order valence-corrected chi connectivity index (χ0v) is 14.6. The van der Waals surface area contributed by atoms with Crippen molar-refractivity contribution in [2.24, 2.45) is 0 Å². The molecule has 2 aromatic heterocycles. The summed E-state index contributed by atoms with van der Waals surface area (Å²) in [6.45, 7) is 1.83. The molecule has 1 N–H and O–H groups in total. The lowest BCUT2D eigenvalue weighted by atomic mass is 10.1. The van der Waals surface area contributed by atoms with Crippen LogP contribution in [0.4, 0.5) is 0 Å². The van der Waals surface area contributed by atoms with Gasteiger partial charge in [0, 0.05) is 37.2 Å². The van der Waals surface area contributed by atoms with Gasteiger partial charge >= 0.3 is 0 Å². The van der Waals surface area contributed by atoms with Crippen molar-refractivity contribution in [2.75, 3.05) is 13.2 Å². The first-order valence-corrected chi connectivity index (χ1v) is 9.18. The largest absolute Gasteiger partial charge is 0.379 e. The molecule has 2 aromatic rings. The summed E-state index contributed by atoms with van der Waals surface area (Å²) in [6.07, 6.45) is 2.55. The minimum atomic E-state index is -0.188. The van der Waals surface area contributed by atoms with Gasteiger partial charge in [0.15, 0.2) is 0 Å². The molecule has 8 heteroatoms. The van der Waals surface area contributed by atoms with Gasteiger partial charge in [0.1, 0.15) is 0 Å². The van der Waals surface area contributed by atoms with Crippen molar-refractivity contribution in [1.29, 1.82) is 0 Å². The van der Waals surface area contributed by atoms with Crippen LogP contribution in [0.25, 0.3) is 0 Å². The highest BCUT2D eigenvalue weighted by atomic mass is 32.1. The Morgan fingerprint density at radius 3 is 3.20 bits per heavy atom. The zero-order chi connectivity index (χ0) is 17.5. The number of hydrogen-bond acceptors (Lipinski definition) is 6. The van der Waals surface area contributed by atoms with Gasteiger partial charge in [-0.25, -0.2) is 4.98 Å². The van der Waals surface area contributed by atoms with Gasteiger partial charge in [-0.15, -0.1) is 11.3 Å². The molecule has 1 aliphatic rings. The van der Waals surface area contributed by atoms with Gasteiger partial charge in [-0.3, -0.25) is 9.59 Å². The van der Waals surface area contributed by atoms with E-state index in [-0.39, 0.29) is 30.0 Å². The lowest BCUT2D eigenvalue weighted by Crippen LogP contribution is -2.50. The van der Waals surface area contributed by atoms with E-state index in [2.05, 4.69) is 10.3 Å². The van der Waals surface area contributed by atoms with Crippen LogP contribution in [0.15, 0.2) is 40.1 Å². The topological polar surface area (TPSA) is 82.5 Å². The summed E-state index contributed by atoms with van der Waals surface area (Å²) < 4.78 is 12.9. The fourth-order valence-corrected chi connectivity index (χ4v) is 3.24. The molecule has 1 fully saturated rings. The summed E-state index contributed by atoms with van der Waals surface area (Å²) in [7, 11) is 0. The van der Waals surface area contributed by atoms with E-state index in [4.69, 9.17) is 9.47 Å². The van der Waals surface area contributed by atoms with Gasteiger partial charge in [-0.2, -0.15) is 0 Å². The number of aromatic nitrogens is 2. The highest BCUT2D eigenvalue weighted by Crippen LogP contribution is 2.15. The van der Waals surface area contributed by atoms with Gasteiger partial charge in [0.25, 0.3) is 5.56 Å². The molecule has 7 nitrogen and oxygen atoms in total. The van der Waals surface area contributed by atoms with Gasteiger partial charge in [0.05, 0.1) is 36.6 Å². The number of hydrogen-bond donors (Lipinski definition) is 1. The highest BCUT2D eigenvalue weighted by Gasteiger charge is 2.28. The Morgan fingerprint density at radius 1 is 1.48 bits per heavy atom. The van der Waals surface area contributed by atoms with Crippen LogP contribution in [-0.4, -0.2) is 40.8 Å². The quantitative estimate of drug-likeness (QED) is 0.799. The van der Waals surface area contributed by atoms with Crippen LogP contribution in [0, 0.1) is 0 Å². The summed E-state index contributed by atoms with van der Waals surface area (Å²) in [4.78, 5) is 28.1. The molecule has 0 unspecified atom stereocenters. The van der Waals surface area contributed by atoms with Crippen molar-refractivity contribution in [3.8, 4) is 0 Å². The number of amides is 1. The number of pyridine rings is 1. The van der Waals surface area contributed by atoms with E-state index in [9.17, 15) is 9.59 Å². The molecular weight excluding hydrogens is 342 g/mol. The fourth-order valence-electron chi connectivity index (χ4n) is 2.70. The van der Waals surface area contributed by atoms with Gasteiger partial charge in [-0.1, -0.05) is 6.07 Å². The van der Waals surface area contributed by atoms with Crippen LogP contribution in [0.5, 0.6) is 0 Å². The first kappa shape index (κ1) is 17.8. The standard InChI is InChI=1S/C17H21N3O4S/c21-16(4-7-20-6-2-1-3-17(20)22)19-14-10-23-8-5-15(14)24-9-13-11-25-12-18-13/h1-3,6,11-12,14-15H,4-5,7-10H2,(H,19,21)/t14-,15+/m1/s1. The molecule has 134 valence electrons. The van der Waals surface area contributed by atoms with Crippen LogP contribution >= 0.6 is 11.3 Å². The van der Waals surface area contributed by atoms with E-state index in [1.807, 2.05) is 5.38 Å². The van der Waals surface area contributed by atoms with Crippen LogP contribution in [0.1, 0.15) is 18.5 Å². The number of rotatable bonds is 7. The smallest absolute Gasteiger partial charge is 0.250 e. The molecular formula is C17H21N3O4S. The average Bonchev–Trinajstić information content (AvgIpc) is 3.14. The molecule has 1 saturated heterocycles. The number of aryl methyl sites for hydroxylation is 1. The number of carbonyl (C=O) groups excluding carboxylic acids is 1. The van der Waals surface area contributed by atoms with Gasteiger partial charge < -0.3 is 19.4 Å². The second-order valence-electron chi connectivity index (χ2n) is 5.85.